The van der Waals surface area contributed by atoms with Crippen molar-refractivity contribution in [2.24, 2.45) is 0 Å². The molecule has 0 spiro atoms. The summed E-state index contributed by atoms with van der Waals surface area (Å²) in [5.74, 6) is 0. The van der Waals surface area contributed by atoms with E-state index in [1.54, 1.807) is 0 Å². The van der Waals surface area contributed by atoms with Gasteiger partial charge in [-0.05, 0) is 0 Å². The first-order valence-electron chi connectivity index (χ1n) is 0. The molecule has 0 atom stereocenters. The molecule has 0 rings (SSSR count). The molecule has 32 valence electrons. The fourth-order valence-corrected chi connectivity index (χ4v) is 0. The number of hydrogen-bond acceptors (Lipinski definition) is 0. The van der Waals surface area contributed by atoms with Crippen LogP contribution in [-0.4, -0.2) is 0 Å². The molecule has 0 aliphatic rings. The molecular weight excluding hydrogens is 302 g/mol. The monoisotopic (exact) mass is 304 g/mol. The number of hydrogen-bond donors (Lipinski definition) is 0. The third-order valence-electron chi connectivity index (χ3n) is 0. The summed E-state index contributed by atoms with van der Waals surface area (Å²) in [5.41, 5.74) is 0. The van der Waals surface area contributed by atoms with E-state index in [4.69, 9.17) is 0 Å². The first-order valence-corrected chi connectivity index (χ1v) is 0. The SMILES string of the molecule is [K+].[K+].[Mo+6].[S-2].[S-2].[S-2].[S-2]. The Morgan fingerprint density at radius 3 is 0.429 bits per heavy atom. The van der Waals surface area contributed by atoms with Gasteiger partial charge >= 0.3 is 124 Å². The Balaban J connectivity index is 0. The summed E-state index contributed by atoms with van der Waals surface area (Å²) in [6.07, 6.45) is 0. The van der Waals surface area contributed by atoms with E-state index in [-0.39, 0.29) is 178 Å². The standard InChI is InChI=1S/2K.Mo.4S/q2*+1;+6;4*-2. The average molecular weight is 302 g/mol. The average Bonchev–Trinajstić information content (AvgIpc) is 0. The Kier molecular flexibility index (Phi) is 337. The maximum atomic E-state index is 0. The van der Waals surface area contributed by atoms with Gasteiger partial charge in [0.25, 0.3) is 0 Å². The Hall–Kier alpha value is 5.36. The zero-order chi connectivity index (χ0) is 0. The maximum Gasteiger partial charge on any atom is 6.00 e. The quantitative estimate of drug-likeness (QED) is 0.391. The summed E-state index contributed by atoms with van der Waals surface area (Å²) in [7, 11) is 0. The van der Waals surface area contributed by atoms with Crippen LogP contribution in [0.15, 0.2) is 0 Å². The van der Waals surface area contributed by atoms with Gasteiger partial charge in [0.15, 0.2) is 0 Å². The van der Waals surface area contributed by atoms with Crippen molar-refractivity contribution in [1.29, 1.82) is 0 Å². The van der Waals surface area contributed by atoms with Crippen LogP contribution in [0, 0.1) is 0 Å². The van der Waals surface area contributed by atoms with Crippen LogP contribution < -0.4 is 103 Å². The molecule has 7 heteroatoms. The van der Waals surface area contributed by atoms with Crippen molar-refractivity contribution in [2.45, 2.75) is 0 Å². The molecule has 0 saturated carbocycles. The summed E-state index contributed by atoms with van der Waals surface area (Å²) in [4.78, 5) is 0. The van der Waals surface area contributed by atoms with Crippen LogP contribution in [0.3, 0.4) is 0 Å². The maximum absolute atomic E-state index is 0. The van der Waals surface area contributed by atoms with Gasteiger partial charge in [0.05, 0.1) is 0 Å². The van der Waals surface area contributed by atoms with E-state index in [9.17, 15) is 0 Å². The van der Waals surface area contributed by atoms with Gasteiger partial charge in [0.1, 0.15) is 0 Å². The first kappa shape index (κ1) is 55.5. The van der Waals surface area contributed by atoms with Gasteiger partial charge in [-0.2, -0.15) is 0 Å². The van der Waals surface area contributed by atoms with Crippen molar-refractivity contribution in [1.82, 2.24) is 0 Å². The van der Waals surface area contributed by atoms with E-state index in [1.165, 1.54) is 0 Å². The van der Waals surface area contributed by atoms with Gasteiger partial charge in [-0.15, -0.1) is 0 Å². The minimum atomic E-state index is 0. The van der Waals surface area contributed by atoms with Crippen LogP contribution in [0.25, 0.3) is 0 Å². The van der Waals surface area contributed by atoms with Gasteiger partial charge in [0.2, 0.25) is 0 Å². The van der Waals surface area contributed by atoms with Crippen molar-refractivity contribution in [3.05, 3.63) is 0 Å². The molecule has 0 aromatic heterocycles. The summed E-state index contributed by atoms with van der Waals surface area (Å²) in [6, 6.07) is 0. The van der Waals surface area contributed by atoms with E-state index in [1.807, 2.05) is 0 Å². The minimum Gasteiger partial charge on any atom is -2.00 e. The molecule has 0 fully saturated rings. The minimum absolute atomic E-state index is 0. The topological polar surface area (TPSA) is 0 Å². The smallest absolute Gasteiger partial charge is 2.00 e. The Morgan fingerprint density at radius 2 is 0.429 bits per heavy atom. The fourth-order valence-electron chi connectivity index (χ4n) is 0. The van der Waals surface area contributed by atoms with Gasteiger partial charge < -0.3 is 54.0 Å². The van der Waals surface area contributed by atoms with Crippen LogP contribution >= 0.6 is 0 Å². The van der Waals surface area contributed by atoms with Crippen molar-refractivity contribution in [2.75, 3.05) is 0 Å². The molecule has 0 bridgehead atoms. The van der Waals surface area contributed by atoms with E-state index < -0.39 is 0 Å². The molecule has 0 nitrogen and oxygen atoms in total. The van der Waals surface area contributed by atoms with Gasteiger partial charge in [-0.25, -0.2) is 0 Å². The molecule has 0 heterocycles. The molecule has 0 aromatic carbocycles. The Bertz CT molecular complexity index is 9.65. The van der Waals surface area contributed by atoms with Gasteiger partial charge in [-0.3, -0.25) is 0 Å². The molecular formula is K2MoS4. The molecule has 0 N–H and O–H groups in total. The molecule has 7 heavy (non-hydrogen) atoms. The Labute approximate surface area is 172 Å². The van der Waals surface area contributed by atoms with E-state index in [2.05, 4.69) is 0 Å². The predicted molar refractivity (Wildman–Crippen MR) is 29.5 cm³/mol. The second kappa shape index (κ2) is 42.4. The molecule has 0 amide bonds. The van der Waals surface area contributed by atoms with Crippen molar-refractivity contribution < 1.29 is 124 Å². The third kappa shape index (κ3) is 34.6. The van der Waals surface area contributed by atoms with E-state index in [0.29, 0.717) is 0 Å². The van der Waals surface area contributed by atoms with Crippen LogP contribution in [0.4, 0.5) is 0 Å². The van der Waals surface area contributed by atoms with Gasteiger partial charge in [-0.1, -0.05) is 0 Å². The zero-order valence-corrected chi connectivity index (χ0v) is 15.6. The summed E-state index contributed by atoms with van der Waals surface area (Å²) < 4.78 is 0. The van der Waals surface area contributed by atoms with Crippen LogP contribution in [-0.2, 0) is 75.0 Å². The first-order chi connectivity index (χ1) is 0. The summed E-state index contributed by atoms with van der Waals surface area (Å²) in [5, 5.41) is 0. The molecule has 0 aromatic rings. The van der Waals surface area contributed by atoms with Crippen LogP contribution in [0.2, 0.25) is 0 Å². The normalized spacial score (nSPS) is 0. The van der Waals surface area contributed by atoms with Crippen molar-refractivity contribution >= 4 is 54.0 Å². The third-order valence-corrected chi connectivity index (χ3v) is 0. The predicted octanol–water partition coefficient (Wildman–Crippen LogP) is -6.00. The van der Waals surface area contributed by atoms with Crippen molar-refractivity contribution in [3.8, 4) is 0 Å². The molecule has 0 aliphatic carbocycles. The van der Waals surface area contributed by atoms with Crippen molar-refractivity contribution in [3.63, 3.8) is 0 Å². The molecule has 0 radical (unpaired) electrons. The van der Waals surface area contributed by atoms with Gasteiger partial charge in [0, 0.05) is 0 Å². The zero-order valence-electron chi connectivity index (χ0n) is 4.04. The Morgan fingerprint density at radius 1 is 0.429 bits per heavy atom. The molecule has 0 unspecified atom stereocenters. The molecule has 0 aliphatic heterocycles. The fraction of sp³-hybridized carbons (Fsp3) is 0. The molecule has 0 saturated heterocycles. The summed E-state index contributed by atoms with van der Waals surface area (Å²) in [6.45, 7) is 0. The second-order valence-electron chi connectivity index (χ2n) is 0. The van der Waals surface area contributed by atoms with E-state index in [0.717, 1.165) is 0 Å². The second-order valence-corrected chi connectivity index (χ2v) is 0. The summed E-state index contributed by atoms with van der Waals surface area (Å²) >= 11 is 0. The van der Waals surface area contributed by atoms with Crippen LogP contribution in [0.1, 0.15) is 0 Å². The number of rotatable bonds is 0. The largest absolute Gasteiger partial charge is 6.00 e. The van der Waals surface area contributed by atoms with E-state index >= 15 is 0 Å². The van der Waals surface area contributed by atoms with Crippen LogP contribution in [0.5, 0.6) is 0 Å².